The standard InChI is InChI=1S/C15H24N4O3/c1-4-19(10-7-5-6-8-10)9-11(20)12-13(16)17(2)15(22)18(3)14(12)21/h10H,4-9,16H2,1-3H3. The Kier molecular flexibility index (Phi) is 4.85. The lowest BCUT2D eigenvalue weighted by molar-refractivity contribution is 0.0897. The topological polar surface area (TPSA) is 90.3 Å². The lowest BCUT2D eigenvalue weighted by atomic mass is 10.1. The number of nitrogen functional groups attached to an aromatic ring is 1. The molecule has 0 aliphatic heterocycles. The van der Waals surface area contributed by atoms with Crippen LogP contribution >= 0.6 is 0 Å². The van der Waals surface area contributed by atoms with Gasteiger partial charge >= 0.3 is 5.69 Å². The largest absolute Gasteiger partial charge is 0.384 e. The molecule has 0 amide bonds. The summed E-state index contributed by atoms with van der Waals surface area (Å²) in [5, 5.41) is 0. The average Bonchev–Trinajstić information content (AvgIpc) is 3.03. The molecule has 22 heavy (non-hydrogen) atoms. The maximum Gasteiger partial charge on any atom is 0.332 e. The van der Waals surface area contributed by atoms with Crippen LogP contribution in [0.3, 0.4) is 0 Å². The van der Waals surface area contributed by atoms with E-state index in [4.69, 9.17) is 5.73 Å². The predicted octanol–water partition coefficient (Wildman–Crippen LogP) is 0.113. The van der Waals surface area contributed by atoms with Gasteiger partial charge in [-0.15, -0.1) is 0 Å². The second-order valence-corrected chi connectivity index (χ2v) is 5.89. The Hall–Kier alpha value is -1.89. The molecule has 1 aromatic rings. The molecule has 0 bridgehead atoms. The van der Waals surface area contributed by atoms with Crippen LogP contribution in [-0.4, -0.2) is 38.9 Å². The van der Waals surface area contributed by atoms with Gasteiger partial charge in [0.15, 0.2) is 5.78 Å². The number of hydrogen-bond donors (Lipinski definition) is 1. The van der Waals surface area contributed by atoms with E-state index in [1.807, 2.05) is 6.92 Å². The molecule has 2 N–H and O–H groups in total. The van der Waals surface area contributed by atoms with Crippen molar-refractivity contribution in [2.24, 2.45) is 14.1 Å². The Bertz CT molecular complexity index is 683. The van der Waals surface area contributed by atoms with Gasteiger partial charge < -0.3 is 5.73 Å². The van der Waals surface area contributed by atoms with E-state index >= 15 is 0 Å². The van der Waals surface area contributed by atoms with Gasteiger partial charge in [0.1, 0.15) is 11.4 Å². The summed E-state index contributed by atoms with van der Waals surface area (Å²) in [7, 11) is 2.82. The summed E-state index contributed by atoms with van der Waals surface area (Å²) in [6, 6.07) is 0.395. The minimum absolute atomic E-state index is 0.0550. The summed E-state index contributed by atoms with van der Waals surface area (Å²) < 4.78 is 2.07. The maximum atomic E-state index is 12.6. The third kappa shape index (κ3) is 2.85. The van der Waals surface area contributed by atoms with Crippen molar-refractivity contribution >= 4 is 11.6 Å². The molecule has 2 rings (SSSR count). The maximum absolute atomic E-state index is 12.6. The van der Waals surface area contributed by atoms with Crippen LogP contribution in [0.5, 0.6) is 0 Å². The summed E-state index contributed by atoms with van der Waals surface area (Å²) in [6.45, 7) is 2.93. The molecule has 0 unspecified atom stereocenters. The third-order valence-electron chi connectivity index (χ3n) is 4.58. The van der Waals surface area contributed by atoms with E-state index in [1.165, 1.54) is 26.9 Å². The SMILES string of the molecule is CCN(CC(=O)c1c(N)n(C)c(=O)n(C)c1=O)C1CCCC1. The van der Waals surface area contributed by atoms with E-state index in [0.29, 0.717) is 6.04 Å². The zero-order valence-corrected chi connectivity index (χ0v) is 13.5. The van der Waals surface area contributed by atoms with Crippen LogP contribution in [0.25, 0.3) is 0 Å². The minimum Gasteiger partial charge on any atom is -0.384 e. The molecule has 0 saturated heterocycles. The highest BCUT2D eigenvalue weighted by Gasteiger charge is 2.26. The lowest BCUT2D eigenvalue weighted by Crippen LogP contribution is -2.44. The monoisotopic (exact) mass is 308 g/mol. The smallest absolute Gasteiger partial charge is 0.332 e. The molecular weight excluding hydrogens is 284 g/mol. The van der Waals surface area contributed by atoms with Gasteiger partial charge in [-0.25, -0.2) is 4.79 Å². The fourth-order valence-electron chi connectivity index (χ4n) is 3.15. The van der Waals surface area contributed by atoms with Crippen molar-refractivity contribution in [3.8, 4) is 0 Å². The van der Waals surface area contributed by atoms with Gasteiger partial charge in [-0.2, -0.15) is 0 Å². The molecule has 1 heterocycles. The van der Waals surface area contributed by atoms with Gasteiger partial charge in [0.25, 0.3) is 5.56 Å². The number of carbonyl (C=O) groups is 1. The molecule has 0 spiro atoms. The molecular formula is C15H24N4O3. The molecule has 0 atom stereocenters. The Morgan fingerprint density at radius 1 is 1.23 bits per heavy atom. The molecule has 1 aromatic heterocycles. The quantitative estimate of drug-likeness (QED) is 0.780. The van der Waals surface area contributed by atoms with Crippen molar-refractivity contribution in [2.45, 2.75) is 38.6 Å². The predicted molar refractivity (Wildman–Crippen MR) is 85.2 cm³/mol. The summed E-state index contributed by atoms with van der Waals surface area (Å²) in [6.07, 6.45) is 4.53. The molecule has 7 heteroatoms. The average molecular weight is 308 g/mol. The number of nitrogens with two attached hydrogens (primary N) is 1. The van der Waals surface area contributed by atoms with E-state index in [-0.39, 0.29) is 23.7 Å². The summed E-state index contributed by atoms with van der Waals surface area (Å²) in [5.74, 6) is -0.372. The molecule has 7 nitrogen and oxygen atoms in total. The van der Waals surface area contributed by atoms with Crippen molar-refractivity contribution < 1.29 is 4.79 Å². The van der Waals surface area contributed by atoms with E-state index in [0.717, 1.165) is 28.5 Å². The van der Waals surface area contributed by atoms with Crippen LogP contribution in [0, 0.1) is 0 Å². The lowest BCUT2D eigenvalue weighted by Gasteiger charge is -2.26. The molecule has 1 aliphatic carbocycles. The number of rotatable bonds is 5. The zero-order chi connectivity index (χ0) is 16.4. The minimum atomic E-state index is -0.618. The Morgan fingerprint density at radius 3 is 2.36 bits per heavy atom. The van der Waals surface area contributed by atoms with Gasteiger partial charge in [0, 0.05) is 20.1 Å². The highest BCUT2D eigenvalue weighted by molar-refractivity contribution is 6.01. The number of hydrogen-bond acceptors (Lipinski definition) is 5. The number of Topliss-reactive ketones (excluding diaryl/α,β-unsaturated/α-hetero) is 1. The van der Waals surface area contributed by atoms with Crippen molar-refractivity contribution in [2.75, 3.05) is 18.8 Å². The number of ketones is 1. The van der Waals surface area contributed by atoms with Gasteiger partial charge in [-0.3, -0.25) is 23.6 Å². The van der Waals surface area contributed by atoms with Gasteiger partial charge in [0.05, 0.1) is 6.54 Å². The number of aromatic nitrogens is 2. The first kappa shape index (κ1) is 16.5. The Balaban J connectivity index is 2.33. The summed E-state index contributed by atoms with van der Waals surface area (Å²) >= 11 is 0. The molecule has 1 fully saturated rings. The fourth-order valence-corrected chi connectivity index (χ4v) is 3.15. The molecule has 0 aromatic carbocycles. The normalized spacial score (nSPS) is 15.6. The van der Waals surface area contributed by atoms with Crippen LogP contribution in [-0.2, 0) is 14.1 Å². The van der Waals surface area contributed by atoms with Gasteiger partial charge in [0.2, 0.25) is 0 Å². The van der Waals surface area contributed by atoms with Crippen LogP contribution in [0.1, 0.15) is 43.0 Å². The summed E-state index contributed by atoms with van der Waals surface area (Å²) in [4.78, 5) is 38.7. The fraction of sp³-hybridized carbons (Fsp3) is 0.667. The highest BCUT2D eigenvalue weighted by atomic mass is 16.2. The third-order valence-corrected chi connectivity index (χ3v) is 4.58. The van der Waals surface area contributed by atoms with Crippen molar-refractivity contribution in [3.05, 3.63) is 26.4 Å². The number of likely N-dealkylation sites (N-methyl/N-ethyl adjacent to an activating group) is 1. The Morgan fingerprint density at radius 2 is 1.82 bits per heavy atom. The van der Waals surface area contributed by atoms with E-state index in [1.54, 1.807) is 0 Å². The second kappa shape index (κ2) is 6.48. The van der Waals surface area contributed by atoms with E-state index in [9.17, 15) is 14.4 Å². The van der Waals surface area contributed by atoms with Crippen LogP contribution in [0.15, 0.2) is 9.59 Å². The van der Waals surface area contributed by atoms with Crippen molar-refractivity contribution in [3.63, 3.8) is 0 Å². The number of nitrogens with zero attached hydrogens (tertiary/aromatic N) is 3. The van der Waals surface area contributed by atoms with Gasteiger partial charge in [-0.05, 0) is 19.4 Å². The van der Waals surface area contributed by atoms with Crippen LogP contribution in [0.4, 0.5) is 5.82 Å². The highest BCUT2D eigenvalue weighted by Crippen LogP contribution is 2.23. The van der Waals surface area contributed by atoms with E-state index in [2.05, 4.69) is 4.90 Å². The molecule has 1 aliphatic rings. The van der Waals surface area contributed by atoms with Crippen molar-refractivity contribution in [1.82, 2.24) is 14.0 Å². The summed E-state index contributed by atoms with van der Waals surface area (Å²) in [5.41, 5.74) is 4.61. The van der Waals surface area contributed by atoms with Crippen molar-refractivity contribution in [1.29, 1.82) is 0 Å². The first-order valence-electron chi connectivity index (χ1n) is 7.71. The number of carbonyl (C=O) groups excluding carboxylic acids is 1. The van der Waals surface area contributed by atoms with Crippen LogP contribution < -0.4 is 17.0 Å². The van der Waals surface area contributed by atoms with Gasteiger partial charge in [-0.1, -0.05) is 19.8 Å². The molecule has 122 valence electrons. The van der Waals surface area contributed by atoms with E-state index < -0.39 is 11.2 Å². The first-order valence-corrected chi connectivity index (χ1v) is 7.71. The number of anilines is 1. The Labute approximate surface area is 129 Å². The zero-order valence-electron chi connectivity index (χ0n) is 13.5. The van der Waals surface area contributed by atoms with Crippen LogP contribution in [0.2, 0.25) is 0 Å². The molecule has 0 radical (unpaired) electrons. The first-order chi connectivity index (χ1) is 10.4. The molecule has 1 saturated carbocycles. The second-order valence-electron chi connectivity index (χ2n) is 5.89.